The summed E-state index contributed by atoms with van der Waals surface area (Å²) in [4.78, 5) is 49.3. The van der Waals surface area contributed by atoms with Gasteiger partial charge in [0, 0.05) is 26.1 Å². The standard InChI is InChI=1S/C21H30N4O7/c1-2-25(12-14(19(28)29)11-23-18(27)16-4-3-9-22-16)21(32)24-17(20(30)31)10-13-5-7-15(26)8-6-13/h5-8,14,16-17,22,26H,2-4,9-12H2,1H3,(H,23,27)(H,24,32)(H,28,29)(H,30,31)/t14-,16-,17-/m0/s1. The largest absolute Gasteiger partial charge is 0.508 e. The third kappa shape index (κ3) is 7.41. The van der Waals surface area contributed by atoms with Crippen LogP contribution in [0.5, 0.6) is 5.75 Å². The van der Waals surface area contributed by atoms with Crippen molar-refractivity contribution in [1.82, 2.24) is 20.9 Å². The molecule has 3 amide bonds. The average molecular weight is 450 g/mol. The summed E-state index contributed by atoms with van der Waals surface area (Å²) in [5.74, 6) is -3.70. The third-order valence-corrected chi connectivity index (χ3v) is 5.33. The summed E-state index contributed by atoms with van der Waals surface area (Å²) in [6.07, 6.45) is 1.55. The number of carboxylic acid groups (broad SMARTS) is 2. The SMILES string of the molecule is CCN(C[C@H](CNC(=O)[C@@H]1CCCN1)C(=O)O)C(=O)N[C@@H](Cc1ccc(O)cc1)C(=O)O. The third-order valence-electron chi connectivity index (χ3n) is 5.33. The van der Waals surface area contributed by atoms with Gasteiger partial charge in [-0.2, -0.15) is 0 Å². The summed E-state index contributed by atoms with van der Waals surface area (Å²) in [5, 5.41) is 36.4. The highest BCUT2D eigenvalue weighted by atomic mass is 16.4. The molecule has 1 aromatic carbocycles. The highest BCUT2D eigenvalue weighted by molar-refractivity contribution is 5.84. The monoisotopic (exact) mass is 450 g/mol. The highest BCUT2D eigenvalue weighted by Crippen LogP contribution is 2.12. The van der Waals surface area contributed by atoms with Crippen LogP contribution in [0.2, 0.25) is 0 Å². The lowest BCUT2D eigenvalue weighted by Crippen LogP contribution is -2.52. The van der Waals surface area contributed by atoms with E-state index in [0.29, 0.717) is 12.0 Å². The average Bonchev–Trinajstić information content (AvgIpc) is 3.29. The summed E-state index contributed by atoms with van der Waals surface area (Å²) < 4.78 is 0. The van der Waals surface area contributed by atoms with Gasteiger partial charge in [0.2, 0.25) is 5.91 Å². The first kappa shape index (κ1) is 24.9. The van der Waals surface area contributed by atoms with Gasteiger partial charge in [-0.05, 0) is 44.0 Å². The molecule has 11 nitrogen and oxygen atoms in total. The second kappa shape index (κ2) is 11.9. The maximum atomic E-state index is 12.7. The van der Waals surface area contributed by atoms with Crippen molar-refractivity contribution in [1.29, 1.82) is 0 Å². The van der Waals surface area contributed by atoms with E-state index in [1.807, 2.05) is 0 Å². The first-order valence-electron chi connectivity index (χ1n) is 10.5. The molecular formula is C21H30N4O7. The van der Waals surface area contributed by atoms with E-state index in [4.69, 9.17) is 0 Å². The molecule has 1 aromatic rings. The summed E-state index contributed by atoms with van der Waals surface area (Å²) in [6, 6.07) is 3.65. The molecule has 3 atom stereocenters. The minimum Gasteiger partial charge on any atom is -0.508 e. The number of aliphatic carboxylic acids is 2. The first-order chi connectivity index (χ1) is 15.2. The molecule has 0 aromatic heterocycles. The van der Waals surface area contributed by atoms with Crippen LogP contribution in [0.25, 0.3) is 0 Å². The van der Waals surface area contributed by atoms with Crippen molar-refractivity contribution in [2.24, 2.45) is 5.92 Å². The van der Waals surface area contributed by atoms with Gasteiger partial charge in [-0.15, -0.1) is 0 Å². The number of aromatic hydroxyl groups is 1. The van der Waals surface area contributed by atoms with Gasteiger partial charge in [0.15, 0.2) is 0 Å². The summed E-state index contributed by atoms with van der Waals surface area (Å²) in [6.45, 7) is 2.20. The van der Waals surface area contributed by atoms with Crippen molar-refractivity contribution in [2.75, 3.05) is 26.2 Å². The van der Waals surface area contributed by atoms with Crippen LogP contribution in [0.1, 0.15) is 25.3 Å². The zero-order valence-corrected chi connectivity index (χ0v) is 17.9. The molecule has 32 heavy (non-hydrogen) atoms. The van der Waals surface area contributed by atoms with Crippen LogP contribution < -0.4 is 16.0 Å². The number of carbonyl (C=O) groups is 4. The summed E-state index contributed by atoms with van der Waals surface area (Å²) >= 11 is 0. The van der Waals surface area contributed by atoms with Crippen molar-refractivity contribution in [3.05, 3.63) is 29.8 Å². The Hall–Kier alpha value is -3.34. The molecule has 0 radical (unpaired) electrons. The van der Waals surface area contributed by atoms with Gasteiger partial charge in [0.05, 0.1) is 12.0 Å². The van der Waals surface area contributed by atoms with E-state index in [1.165, 1.54) is 17.0 Å². The van der Waals surface area contributed by atoms with Gasteiger partial charge in [0.25, 0.3) is 0 Å². The number of phenols is 1. The van der Waals surface area contributed by atoms with Crippen molar-refractivity contribution < 1.29 is 34.5 Å². The minimum absolute atomic E-state index is 0.00822. The number of carboxylic acids is 2. The Morgan fingerprint density at radius 2 is 1.84 bits per heavy atom. The van der Waals surface area contributed by atoms with Crippen LogP contribution in [-0.2, 0) is 20.8 Å². The molecule has 1 saturated heterocycles. The normalized spacial score (nSPS) is 17.2. The van der Waals surface area contributed by atoms with Crippen molar-refractivity contribution in [3.8, 4) is 5.75 Å². The Kier molecular flexibility index (Phi) is 9.26. The van der Waals surface area contributed by atoms with E-state index >= 15 is 0 Å². The van der Waals surface area contributed by atoms with Gasteiger partial charge in [-0.25, -0.2) is 9.59 Å². The Morgan fingerprint density at radius 3 is 2.38 bits per heavy atom. The predicted molar refractivity (Wildman–Crippen MR) is 114 cm³/mol. The van der Waals surface area contributed by atoms with Gasteiger partial charge in [-0.3, -0.25) is 9.59 Å². The maximum Gasteiger partial charge on any atom is 0.326 e. The zero-order valence-electron chi connectivity index (χ0n) is 17.9. The van der Waals surface area contributed by atoms with Gasteiger partial charge < -0.3 is 36.2 Å². The van der Waals surface area contributed by atoms with E-state index in [2.05, 4.69) is 16.0 Å². The van der Waals surface area contributed by atoms with Crippen LogP contribution in [0.4, 0.5) is 4.79 Å². The quantitative estimate of drug-likeness (QED) is 0.273. The molecule has 1 fully saturated rings. The smallest absolute Gasteiger partial charge is 0.326 e. The topological polar surface area (TPSA) is 168 Å². The van der Waals surface area contributed by atoms with Crippen LogP contribution in [0.3, 0.4) is 0 Å². The zero-order chi connectivity index (χ0) is 23.7. The Labute approximate surface area is 185 Å². The van der Waals surface area contributed by atoms with Gasteiger partial charge in [-0.1, -0.05) is 12.1 Å². The molecule has 1 aliphatic heterocycles. The molecule has 6 N–H and O–H groups in total. The summed E-state index contributed by atoms with van der Waals surface area (Å²) in [7, 11) is 0. The fourth-order valence-electron chi connectivity index (χ4n) is 3.42. The highest BCUT2D eigenvalue weighted by Gasteiger charge is 2.29. The summed E-state index contributed by atoms with van der Waals surface area (Å²) in [5.41, 5.74) is 0.602. The maximum absolute atomic E-state index is 12.7. The number of phenolic OH excluding ortho intramolecular Hbond substituents is 1. The first-order valence-corrected chi connectivity index (χ1v) is 10.5. The Morgan fingerprint density at radius 1 is 1.16 bits per heavy atom. The number of benzene rings is 1. The van der Waals surface area contributed by atoms with E-state index in [9.17, 15) is 34.5 Å². The van der Waals surface area contributed by atoms with Crippen LogP contribution >= 0.6 is 0 Å². The molecule has 0 unspecified atom stereocenters. The second-order valence-corrected chi connectivity index (χ2v) is 7.68. The number of carbonyl (C=O) groups excluding carboxylic acids is 2. The molecule has 2 rings (SSSR count). The Balaban J connectivity index is 1.96. The van der Waals surface area contributed by atoms with Crippen LogP contribution in [0.15, 0.2) is 24.3 Å². The predicted octanol–water partition coefficient (Wildman–Crippen LogP) is -0.0116. The fourth-order valence-corrected chi connectivity index (χ4v) is 3.42. The number of rotatable bonds is 11. The van der Waals surface area contributed by atoms with Crippen LogP contribution in [-0.4, -0.2) is 82.4 Å². The molecule has 1 heterocycles. The fraction of sp³-hybridized carbons (Fsp3) is 0.524. The molecule has 1 aliphatic rings. The second-order valence-electron chi connectivity index (χ2n) is 7.68. The molecular weight excluding hydrogens is 420 g/mol. The number of amides is 3. The molecule has 0 aliphatic carbocycles. The van der Waals surface area contributed by atoms with E-state index in [0.717, 1.165) is 13.0 Å². The van der Waals surface area contributed by atoms with Crippen molar-refractivity contribution in [2.45, 2.75) is 38.3 Å². The van der Waals surface area contributed by atoms with E-state index in [-0.39, 0.29) is 43.8 Å². The lowest BCUT2D eigenvalue weighted by atomic mass is 10.1. The molecule has 11 heteroatoms. The van der Waals surface area contributed by atoms with Gasteiger partial charge in [0.1, 0.15) is 11.8 Å². The lowest BCUT2D eigenvalue weighted by Gasteiger charge is -2.27. The molecule has 0 saturated carbocycles. The number of urea groups is 1. The number of nitrogens with one attached hydrogen (secondary N) is 3. The van der Waals surface area contributed by atoms with Crippen molar-refractivity contribution in [3.63, 3.8) is 0 Å². The lowest BCUT2D eigenvalue weighted by molar-refractivity contribution is -0.142. The number of hydrogen-bond donors (Lipinski definition) is 6. The minimum atomic E-state index is -1.24. The van der Waals surface area contributed by atoms with E-state index in [1.54, 1.807) is 19.1 Å². The van der Waals surface area contributed by atoms with Crippen LogP contribution in [0, 0.1) is 5.92 Å². The van der Waals surface area contributed by atoms with Crippen molar-refractivity contribution >= 4 is 23.9 Å². The molecule has 176 valence electrons. The number of hydrogen-bond acceptors (Lipinski definition) is 6. The molecule has 0 bridgehead atoms. The van der Waals surface area contributed by atoms with E-state index < -0.39 is 29.9 Å². The van der Waals surface area contributed by atoms with Gasteiger partial charge >= 0.3 is 18.0 Å². The Bertz CT molecular complexity index is 809. The molecule has 0 spiro atoms. The number of nitrogens with zero attached hydrogens (tertiary/aromatic N) is 1.